The molecule has 6 heteroatoms. The third kappa shape index (κ3) is 4.92. The quantitative estimate of drug-likeness (QED) is 0.711. The van der Waals surface area contributed by atoms with Crippen LogP contribution in [0.5, 0.6) is 0 Å². The maximum Gasteiger partial charge on any atom is 0.488 e. The van der Waals surface area contributed by atoms with Gasteiger partial charge in [0.05, 0.1) is 6.04 Å². The molecule has 19 heavy (non-hydrogen) atoms. The van der Waals surface area contributed by atoms with Crippen molar-refractivity contribution in [2.75, 3.05) is 0 Å². The Morgan fingerprint density at radius 3 is 2.42 bits per heavy atom. The summed E-state index contributed by atoms with van der Waals surface area (Å²) in [6.07, 6.45) is -0.540. The smallest absolute Gasteiger partial charge is 0.444 e. The van der Waals surface area contributed by atoms with Crippen LogP contribution in [0, 0.1) is 0 Å². The number of amides is 1. The number of hydrogen-bond donors (Lipinski definition) is 3. The number of ether oxygens (including phenoxy) is 1. The molecule has 0 aliphatic rings. The van der Waals surface area contributed by atoms with E-state index in [0.29, 0.717) is 11.0 Å². The van der Waals surface area contributed by atoms with E-state index in [4.69, 9.17) is 4.74 Å². The van der Waals surface area contributed by atoms with Crippen molar-refractivity contribution < 1.29 is 19.6 Å². The largest absolute Gasteiger partial charge is 0.488 e. The minimum atomic E-state index is -1.57. The van der Waals surface area contributed by atoms with Crippen molar-refractivity contribution in [2.45, 2.75) is 39.3 Å². The molecule has 0 heterocycles. The summed E-state index contributed by atoms with van der Waals surface area (Å²) in [5.74, 6) is 0. The highest BCUT2D eigenvalue weighted by atomic mass is 16.6. The summed E-state index contributed by atoms with van der Waals surface area (Å²) in [6.45, 7) is 7.10. The molecule has 104 valence electrons. The summed E-state index contributed by atoms with van der Waals surface area (Å²) in [5.41, 5.74) is 0.439. The van der Waals surface area contributed by atoms with E-state index in [1.807, 2.05) is 0 Å². The summed E-state index contributed by atoms with van der Waals surface area (Å²) in [6, 6.07) is 6.43. The summed E-state index contributed by atoms with van der Waals surface area (Å²) >= 11 is 0. The lowest BCUT2D eigenvalue weighted by atomic mass is 9.75. The van der Waals surface area contributed by atoms with E-state index >= 15 is 0 Å². The molecule has 1 amide bonds. The molecule has 1 aromatic carbocycles. The topological polar surface area (TPSA) is 78.8 Å². The SMILES string of the molecule is C[C@@H](NC(=O)OC(C)(C)C)c1ccccc1B(O)O. The number of alkyl carbamates (subject to hydrolysis) is 1. The van der Waals surface area contributed by atoms with Crippen LogP contribution in [0.25, 0.3) is 0 Å². The van der Waals surface area contributed by atoms with Gasteiger partial charge in [-0.25, -0.2) is 4.79 Å². The van der Waals surface area contributed by atoms with Gasteiger partial charge in [0.1, 0.15) is 5.60 Å². The van der Waals surface area contributed by atoms with Crippen LogP contribution in [-0.4, -0.2) is 28.9 Å². The normalized spacial score (nSPS) is 12.7. The second kappa shape index (κ2) is 6.08. The Morgan fingerprint density at radius 2 is 1.89 bits per heavy atom. The first-order chi connectivity index (χ1) is 8.70. The van der Waals surface area contributed by atoms with Gasteiger partial charge >= 0.3 is 13.2 Å². The van der Waals surface area contributed by atoms with Gasteiger partial charge in [0.15, 0.2) is 0 Å². The van der Waals surface area contributed by atoms with Gasteiger partial charge in [0.2, 0.25) is 0 Å². The average molecular weight is 265 g/mol. The molecule has 0 spiro atoms. The molecule has 5 nitrogen and oxygen atoms in total. The van der Waals surface area contributed by atoms with Gasteiger partial charge in [-0.1, -0.05) is 24.3 Å². The van der Waals surface area contributed by atoms with Crippen LogP contribution in [0.4, 0.5) is 4.79 Å². The van der Waals surface area contributed by atoms with Crippen molar-refractivity contribution in [1.29, 1.82) is 0 Å². The highest BCUT2D eigenvalue weighted by molar-refractivity contribution is 6.59. The molecule has 0 aromatic heterocycles. The second-order valence-electron chi connectivity index (χ2n) is 5.37. The van der Waals surface area contributed by atoms with Crippen molar-refractivity contribution in [3.63, 3.8) is 0 Å². The molecule has 1 rings (SSSR count). The first kappa shape index (κ1) is 15.5. The molecular weight excluding hydrogens is 245 g/mol. The number of carbonyl (C=O) groups excluding carboxylic acids is 1. The van der Waals surface area contributed by atoms with Crippen molar-refractivity contribution in [3.8, 4) is 0 Å². The standard InChI is InChI=1S/C13H20BNO4/c1-9(15-12(16)19-13(2,3)4)10-7-5-6-8-11(10)14(17)18/h5-9,17-18H,1-4H3,(H,15,16)/t9-/m1/s1. The van der Waals surface area contributed by atoms with Gasteiger partial charge in [0.25, 0.3) is 0 Å². The Bertz CT molecular complexity index is 443. The lowest BCUT2D eigenvalue weighted by Gasteiger charge is -2.23. The van der Waals surface area contributed by atoms with Crippen molar-refractivity contribution >= 4 is 18.7 Å². The lowest BCUT2D eigenvalue weighted by molar-refractivity contribution is 0.0508. The molecule has 0 bridgehead atoms. The van der Waals surface area contributed by atoms with E-state index in [2.05, 4.69) is 5.32 Å². The number of carbonyl (C=O) groups is 1. The van der Waals surface area contributed by atoms with Gasteiger partial charge in [-0.05, 0) is 38.7 Å². The molecule has 0 fully saturated rings. The second-order valence-corrected chi connectivity index (χ2v) is 5.37. The minimum Gasteiger partial charge on any atom is -0.444 e. The molecule has 0 saturated carbocycles. The molecule has 0 unspecified atom stereocenters. The van der Waals surface area contributed by atoms with Crippen LogP contribution in [0.2, 0.25) is 0 Å². The molecule has 0 aliphatic heterocycles. The van der Waals surface area contributed by atoms with Crippen LogP contribution in [0.3, 0.4) is 0 Å². The zero-order valence-electron chi connectivity index (χ0n) is 11.7. The van der Waals surface area contributed by atoms with Gasteiger partial charge in [-0.2, -0.15) is 0 Å². The highest BCUT2D eigenvalue weighted by Crippen LogP contribution is 2.12. The van der Waals surface area contributed by atoms with Gasteiger partial charge in [-0.15, -0.1) is 0 Å². The third-order valence-electron chi connectivity index (χ3n) is 2.47. The zero-order chi connectivity index (χ0) is 14.6. The van der Waals surface area contributed by atoms with Crippen molar-refractivity contribution in [3.05, 3.63) is 29.8 Å². The Hall–Kier alpha value is -1.53. The Kier molecular flexibility index (Phi) is 4.97. The van der Waals surface area contributed by atoms with E-state index in [1.165, 1.54) is 0 Å². The Balaban J connectivity index is 2.79. The molecule has 1 aromatic rings. The van der Waals surface area contributed by atoms with Gasteiger partial charge in [0, 0.05) is 0 Å². The van der Waals surface area contributed by atoms with Crippen LogP contribution in [0.1, 0.15) is 39.3 Å². The van der Waals surface area contributed by atoms with Crippen LogP contribution >= 0.6 is 0 Å². The zero-order valence-corrected chi connectivity index (χ0v) is 11.7. The number of nitrogens with one attached hydrogen (secondary N) is 1. The number of rotatable bonds is 3. The monoisotopic (exact) mass is 265 g/mol. The van der Waals surface area contributed by atoms with E-state index in [-0.39, 0.29) is 6.04 Å². The summed E-state index contributed by atoms with van der Waals surface area (Å²) in [5, 5.41) is 21.2. The van der Waals surface area contributed by atoms with Gasteiger partial charge < -0.3 is 20.1 Å². The van der Waals surface area contributed by atoms with Crippen LogP contribution in [0.15, 0.2) is 24.3 Å². The molecule has 0 radical (unpaired) electrons. The average Bonchev–Trinajstić information content (AvgIpc) is 2.26. The van der Waals surface area contributed by atoms with Crippen molar-refractivity contribution in [1.82, 2.24) is 5.32 Å². The van der Waals surface area contributed by atoms with E-state index in [0.717, 1.165) is 0 Å². The minimum absolute atomic E-state index is 0.367. The van der Waals surface area contributed by atoms with Crippen LogP contribution in [-0.2, 0) is 4.74 Å². The Morgan fingerprint density at radius 1 is 1.32 bits per heavy atom. The number of benzene rings is 1. The summed E-state index contributed by atoms with van der Waals surface area (Å²) < 4.78 is 5.16. The van der Waals surface area contributed by atoms with E-state index in [9.17, 15) is 14.8 Å². The fourth-order valence-electron chi connectivity index (χ4n) is 1.70. The van der Waals surface area contributed by atoms with Gasteiger partial charge in [-0.3, -0.25) is 0 Å². The van der Waals surface area contributed by atoms with E-state index in [1.54, 1.807) is 52.0 Å². The number of hydrogen-bond acceptors (Lipinski definition) is 4. The van der Waals surface area contributed by atoms with E-state index < -0.39 is 18.8 Å². The molecule has 0 aliphatic carbocycles. The fraction of sp³-hybridized carbons (Fsp3) is 0.462. The molecular formula is C13H20BNO4. The first-order valence-electron chi connectivity index (χ1n) is 6.15. The maximum absolute atomic E-state index is 11.7. The summed E-state index contributed by atoms with van der Waals surface area (Å²) in [4.78, 5) is 11.7. The molecule has 3 N–H and O–H groups in total. The van der Waals surface area contributed by atoms with Crippen LogP contribution < -0.4 is 10.8 Å². The maximum atomic E-state index is 11.7. The highest BCUT2D eigenvalue weighted by Gasteiger charge is 2.22. The fourth-order valence-corrected chi connectivity index (χ4v) is 1.70. The summed E-state index contributed by atoms with van der Waals surface area (Å²) in [7, 11) is -1.57. The predicted molar refractivity (Wildman–Crippen MR) is 74.1 cm³/mol. The molecule has 0 saturated heterocycles. The lowest BCUT2D eigenvalue weighted by Crippen LogP contribution is -2.39. The Labute approximate surface area is 113 Å². The van der Waals surface area contributed by atoms with Crippen molar-refractivity contribution in [2.24, 2.45) is 0 Å². The predicted octanol–water partition coefficient (Wildman–Crippen LogP) is 0.952. The first-order valence-corrected chi connectivity index (χ1v) is 6.15. The third-order valence-corrected chi connectivity index (χ3v) is 2.47. The molecule has 1 atom stereocenters.